The molecule has 1 aromatic rings. The lowest BCUT2D eigenvalue weighted by molar-refractivity contribution is 0.203. The fourth-order valence-corrected chi connectivity index (χ4v) is 1.16. The molecule has 0 aliphatic carbocycles. The highest BCUT2D eigenvalue weighted by molar-refractivity contribution is 5.70. The molecule has 1 aromatic carbocycles. The molecule has 4 heteroatoms. The van der Waals surface area contributed by atoms with Gasteiger partial charge in [-0.15, -0.1) is 0 Å². The van der Waals surface area contributed by atoms with Crippen LogP contribution in [0.1, 0.15) is 5.56 Å². The van der Waals surface area contributed by atoms with E-state index in [1.54, 1.807) is 25.3 Å². The lowest BCUT2D eigenvalue weighted by atomic mass is 10.2. The van der Waals surface area contributed by atoms with E-state index in [1.807, 2.05) is 18.2 Å². The standard InChI is InChI=1S/C13H15NO3/c1-4-11(16-3)9-10-5-7-12(8-6-10)17-13(15)14-2/h4-9H,1H2,2-3H3,(H,14,15). The first kappa shape index (κ1) is 12.8. The number of nitrogens with one attached hydrogen (secondary N) is 1. The average Bonchev–Trinajstić information content (AvgIpc) is 2.37. The Bertz CT molecular complexity index is 421. The van der Waals surface area contributed by atoms with Gasteiger partial charge < -0.3 is 14.8 Å². The summed E-state index contributed by atoms with van der Waals surface area (Å²) in [6.45, 7) is 3.63. The minimum absolute atomic E-state index is 0.485. The van der Waals surface area contributed by atoms with Gasteiger partial charge in [0.1, 0.15) is 11.5 Å². The molecule has 0 radical (unpaired) electrons. The molecule has 1 rings (SSSR count). The number of benzene rings is 1. The molecule has 4 nitrogen and oxygen atoms in total. The van der Waals surface area contributed by atoms with Gasteiger partial charge in [-0.25, -0.2) is 4.79 Å². The topological polar surface area (TPSA) is 47.6 Å². The van der Waals surface area contributed by atoms with Crippen molar-refractivity contribution in [2.75, 3.05) is 14.2 Å². The number of hydrogen-bond acceptors (Lipinski definition) is 3. The number of amides is 1. The predicted molar refractivity (Wildman–Crippen MR) is 66.7 cm³/mol. The van der Waals surface area contributed by atoms with Gasteiger partial charge in [-0.05, 0) is 29.8 Å². The van der Waals surface area contributed by atoms with Gasteiger partial charge in [-0.3, -0.25) is 0 Å². The van der Waals surface area contributed by atoms with Crippen LogP contribution in [-0.4, -0.2) is 20.3 Å². The third-order valence-electron chi connectivity index (χ3n) is 2.04. The SMILES string of the molecule is C=CC(=Cc1ccc(OC(=O)NC)cc1)OC. The van der Waals surface area contributed by atoms with Crippen LogP contribution >= 0.6 is 0 Å². The summed E-state index contributed by atoms with van der Waals surface area (Å²) in [5.41, 5.74) is 0.936. The molecule has 0 heterocycles. The minimum Gasteiger partial charge on any atom is -0.497 e. The molecule has 0 bridgehead atoms. The summed E-state index contributed by atoms with van der Waals surface area (Å²) in [7, 11) is 3.09. The maximum absolute atomic E-state index is 11.0. The Labute approximate surface area is 101 Å². The Kier molecular flexibility index (Phi) is 4.81. The van der Waals surface area contributed by atoms with E-state index in [1.165, 1.54) is 7.05 Å². The van der Waals surface area contributed by atoms with Crippen LogP contribution in [0.15, 0.2) is 42.7 Å². The van der Waals surface area contributed by atoms with Gasteiger partial charge in [-0.2, -0.15) is 0 Å². The highest BCUT2D eigenvalue weighted by Gasteiger charge is 2.00. The molecule has 0 spiro atoms. The van der Waals surface area contributed by atoms with E-state index in [4.69, 9.17) is 9.47 Å². The fourth-order valence-electron chi connectivity index (χ4n) is 1.16. The normalized spacial score (nSPS) is 10.6. The molecule has 0 saturated heterocycles. The summed E-state index contributed by atoms with van der Waals surface area (Å²) >= 11 is 0. The minimum atomic E-state index is -0.489. The zero-order valence-electron chi connectivity index (χ0n) is 9.90. The smallest absolute Gasteiger partial charge is 0.412 e. The van der Waals surface area contributed by atoms with Crippen molar-refractivity contribution in [3.8, 4) is 5.75 Å². The number of carbonyl (C=O) groups is 1. The summed E-state index contributed by atoms with van der Waals surface area (Å²) in [5, 5.41) is 2.37. The number of rotatable bonds is 4. The highest BCUT2D eigenvalue weighted by atomic mass is 16.5. The summed E-state index contributed by atoms with van der Waals surface area (Å²) in [4.78, 5) is 11.0. The van der Waals surface area contributed by atoms with Gasteiger partial charge in [-0.1, -0.05) is 18.7 Å². The maximum atomic E-state index is 11.0. The van der Waals surface area contributed by atoms with E-state index in [9.17, 15) is 4.79 Å². The van der Waals surface area contributed by atoms with E-state index in [2.05, 4.69) is 11.9 Å². The Hall–Kier alpha value is -2.23. The van der Waals surface area contributed by atoms with Crippen LogP contribution in [0.5, 0.6) is 5.75 Å². The fraction of sp³-hybridized carbons (Fsp3) is 0.154. The molecule has 0 atom stereocenters. The van der Waals surface area contributed by atoms with Crippen LogP contribution in [0.4, 0.5) is 4.79 Å². The number of hydrogen-bond donors (Lipinski definition) is 1. The van der Waals surface area contributed by atoms with E-state index >= 15 is 0 Å². The first-order valence-electron chi connectivity index (χ1n) is 5.07. The van der Waals surface area contributed by atoms with Crippen molar-refractivity contribution >= 4 is 12.2 Å². The average molecular weight is 233 g/mol. The molecule has 0 aromatic heterocycles. The summed E-state index contributed by atoms with van der Waals surface area (Å²) < 4.78 is 10.0. The second-order valence-electron chi connectivity index (χ2n) is 3.16. The monoisotopic (exact) mass is 233 g/mol. The van der Waals surface area contributed by atoms with Crippen molar-refractivity contribution in [3.05, 3.63) is 48.2 Å². The molecule has 1 N–H and O–H groups in total. The molecule has 17 heavy (non-hydrogen) atoms. The first-order valence-corrected chi connectivity index (χ1v) is 5.07. The Morgan fingerprint density at radius 2 is 2.00 bits per heavy atom. The maximum Gasteiger partial charge on any atom is 0.412 e. The quantitative estimate of drug-likeness (QED) is 0.642. The van der Waals surface area contributed by atoms with E-state index < -0.39 is 6.09 Å². The van der Waals surface area contributed by atoms with E-state index in [-0.39, 0.29) is 0 Å². The third-order valence-corrected chi connectivity index (χ3v) is 2.04. The molecular weight excluding hydrogens is 218 g/mol. The Balaban J connectivity index is 2.77. The number of allylic oxidation sites excluding steroid dienone is 1. The molecule has 1 amide bonds. The second kappa shape index (κ2) is 6.37. The third kappa shape index (κ3) is 4.03. The van der Waals surface area contributed by atoms with Crippen molar-refractivity contribution in [3.63, 3.8) is 0 Å². The summed E-state index contributed by atoms with van der Waals surface area (Å²) in [6, 6.07) is 7.05. The molecule has 90 valence electrons. The largest absolute Gasteiger partial charge is 0.497 e. The van der Waals surface area contributed by atoms with Crippen molar-refractivity contribution in [2.45, 2.75) is 0 Å². The van der Waals surface area contributed by atoms with Crippen LogP contribution in [0.2, 0.25) is 0 Å². The Morgan fingerprint density at radius 3 is 2.47 bits per heavy atom. The van der Waals surface area contributed by atoms with Gasteiger partial charge >= 0.3 is 6.09 Å². The van der Waals surface area contributed by atoms with Gasteiger partial charge in [0.2, 0.25) is 0 Å². The first-order chi connectivity index (χ1) is 8.19. The van der Waals surface area contributed by atoms with Gasteiger partial charge in [0.15, 0.2) is 0 Å². The van der Waals surface area contributed by atoms with Crippen molar-refractivity contribution in [2.24, 2.45) is 0 Å². The molecule has 0 unspecified atom stereocenters. The summed E-state index contributed by atoms with van der Waals surface area (Å²) in [5.74, 6) is 1.16. The zero-order chi connectivity index (χ0) is 12.7. The highest BCUT2D eigenvalue weighted by Crippen LogP contribution is 2.15. The molecule has 0 saturated carbocycles. The Morgan fingerprint density at radius 1 is 1.35 bits per heavy atom. The molecule has 0 aliphatic heterocycles. The van der Waals surface area contributed by atoms with Crippen LogP contribution in [0.25, 0.3) is 6.08 Å². The number of methoxy groups -OCH3 is 1. The molecular formula is C13H15NO3. The zero-order valence-corrected chi connectivity index (χ0v) is 9.90. The van der Waals surface area contributed by atoms with E-state index in [0.29, 0.717) is 11.5 Å². The number of carbonyl (C=O) groups excluding carboxylic acids is 1. The lowest BCUT2D eigenvalue weighted by Gasteiger charge is -2.04. The molecule has 0 fully saturated rings. The van der Waals surface area contributed by atoms with Gasteiger partial charge in [0, 0.05) is 7.05 Å². The summed E-state index contributed by atoms with van der Waals surface area (Å²) in [6.07, 6.45) is 2.96. The van der Waals surface area contributed by atoms with Crippen molar-refractivity contribution in [1.29, 1.82) is 0 Å². The second-order valence-corrected chi connectivity index (χ2v) is 3.16. The van der Waals surface area contributed by atoms with Crippen LogP contribution < -0.4 is 10.1 Å². The molecule has 0 aliphatic rings. The lowest BCUT2D eigenvalue weighted by Crippen LogP contribution is -2.21. The van der Waals surface area contributed by atoms with Gasteiger partial charge in [0.05, 0.1) is 7.11 Å². The predicted octanol–water partition coefficient (Wildman–Crippen LogP) is 2.58. The van der Waals surface area contributed by atoms with Crippen molar-refractivity contribution in [1.82, 2.24) is 5.32 Å². The van der Waals surface area contributed by atoms with Crippen molar-refractivity contribution < 1.29 is 14.3 Å². The number of ether oxygens (including phenoxy) is 2. The van der Waals surface area contributed by atoms with Crippen LogP contribution in [-0.2, 0) is 4.74 Å². The van der Waals surface area contributed by atoms with Gasteiger partial charge in [0.25, 0.3) is 0 Å². The van der Waals surface area contributed by atoms with E-state index in [0.717, 1.165) is 5.56 Å². The van der Waals surface area contributed by atoms with Crippen LogP contribution in [0, 0.1) is 0 Å². The van der Waals surface area contributed by atoms with Crippen LogP contribution in [0.3, 0.4) is 0 Å².